The number of methoxy groups -OCH3 is 1. The zero-order valence-electron chi connectivity index (χ0n) is 12.5. The number of hydrogen-bond acceptors (Lipinski definition) is 4. The van der Waals surface area contributed by atoms with Crippen molar-refractivity contribution in [3.05, 3.63) is 45.1 Å². The molecule has 3 N–H and O–H groups in total. The van der Waals surface area contributed by atoms with E-state index in [4.69, 9.17) is 0 Å². The van der Waals surface area contributed by atoms with E-state index in [0.717, 1.165) is 4.47 Å². The van der Waals surface area contributed by atoms with Crippen molar-refractivity contribution in [2.75, 3.05) is 17.7 Å². The topological polar surface area (TPSA) is 100 Å². The number of hydrogen-bond donors (Lipinski definition) is 3. The Bertz CT molecular complexity index is 752. The summed E-state index contributed by atoms with van der Waals surface area (Å²) in [4.78, 5) is 37.6. The summed E-state index contributed by atoms with van der Waals surface area (Å²) in [6, 6.07) is 8.16. The molecule has 0 aliphatic heterocycles. The number of rotatable bonds is 5. The van der Waals surface area contributed by atoms with Gasteiger partial charge in [-0.2, -0.15) is 0 Å². The highest BCUT2D eigenvalue weighted by atomic mass is 79.9. The normalized spacial score (nSPS) is 10.1. The second-order valence-electron chi connectivity index (χ2n) is 4.68. The number of amides is 2. The molecule has 0 saturated heterocycles. The Morgan fingerprint density at radius 1 is 1.08 bits per heavy atom. The first kappa shape index (κ1) is 18.2. The van der Waals surface area contributed by atoms with Crippen LogP contribution in [0.3, 0.4) is 0 Å². The lowest BCUT2D eigenvalue weighted by atomic mass is 10.2. The number of carbonyl (C=O) groups excluding carboxylic acids is 3. The number of benzene rings is 1. The number of H-pyrrole nitrogens is 1. The zero-order chi connectivity index (χ0) is 17.7. The van der Waals surface area contributed by atoms with Crippen LogP contribution in [0.1, 0.15) is 16.9 Å². The van der Waals surface area contributed by atoms with Crippen molar-refractivity contribution >= 4 is 61.0 Å². The van der Waals surface area contributed by atoms with Crippen LogP contribution < -0.4 is 10.6 Å². The molecule has 0 aliphatic rings. The van der Waals surface area contributed by atoms with Crippen molar-refractivity contribution < 1.29 is 19.1 Å². The van der Waals surface area contributed by atoms with E-state index in [2.05, 4.69) is 52.2 Å². The predicted molar refractivity (Wildman–Crippen MR) is 95.9 cm³/mol. The predicted octanol–water partition coefficient (Wildman–Crippen LogP) is 3.29. The van der Waals surface area contributed by atoms with Crippen LogP contribution in [0.5, 0.6) is 0 Å². The molecule has 24 heavy (non-hydrogen) atoms. The SMILES string of the molecule is COC(=O)CC(=O)Nc1ccc(NC(=O)c2cc(Br)c(Br)[nH]2)cc1. The molecule has 0 fully saturated rings. The molecule has 0 bridgehead atoms. The Hall–Kier alpha value is -2.13. The molecular formula is C15H13Br2N3O4. The van der Waals surface area contributed by atoms with Gasteiger partial charge in [0.05, 0.1) is 16.2 Å². The Morgan fingerprint density at radius 2 is 1.67 bits per heavy atom. The maximum Gasteiger partial charge on any atom is 0.315 e. The first-order chi connectivity index (χ1) is 11.4. The lowest BCUT2D eigenvalue weighted by Gasteiger charge is -2.07. The van der Waals surface area contributed by atoms with Crippen molar-refractivity contribution in [2.24, 2.45) is 0 Å². The van der Waals surface area contributed by atoms with Gasteiger partial charge in [0.25, 0.3) is 5.91 Å². The molecule has 2 rings (SSSR count). The van der Waals surface area contributed by atoms with E-state index in [-0.39, 0.29) is 12.3 Å². The summed E-state index contributed by atoms with van der Waals surface area (Å²) in [6.45, 7) is 0. The number of aromatic amines is 1. The van der Waals surface area contributed by atoms with Gasteiger partial charge in [0.15, 0.2) is 0 Å². The van der Waals surface area contributed by atoms with Crippen molar-refractivity contribution in [2.45, 2.75) is 6.42 Å². The van der Waals surface area contributed by atoms with Crippen molar-refractivity contribution in [3.8, 4) is 0 Å². The number of esters is 1. The van der Waals surface area contributed by atoms with Crippen LogP contribution in [0.4, 0.5) is 11.4 Å². The number of halogens is 2. The first-order valence-corrected chi connectivity index (χ1v) is 8.29. The highest BCUT2D eigenvalue weighted by Crippen LogP contribution is 2.23. The Balaban J connectivity index is 1.95. The zero-order valence-corrected chi connectivity index (χ0v) is 15.7. The van der Waals surface area contributed by atoms with Gasteiger partial charge >= 0.3 is 5.97 Å². The third-order valence-electron chi connectivity index (χ3n) is 2.93. The van der Waals surface area contributed by atoms with E-state index in [9.17, 15) is 14.4 Å². The largest absolute Gasteiger partial charge is 0.469 e. The molecule has 0 aliphatic carbocycles. The van der Waals surface area contributed by atoms with E-state index >= 15 is 0 Å². The molecule has 0 radical (unpaired) electrons. The quantitative estimate of drug-likeness (QED) is 0.472. The van der Waals surface area contributed by atoms with Gasteiger partial charge in [0.1, 0.15) is 12.1 Å². The number of anilines is 2. The molecule has 1 aromatic carbocycles. The molecule has 1 heterocycles. The van der Waals surface area contributed by atoms with Crippen LogP contribution >= 0.6 is 31.9 Å². The smallest absolute Gasteiger partial charge is 0.315 e. The van der Waals surface area contributed by atoms with Gasteiger partial charge in [-0.05, 0) is 62.2 Å². The summed E-state index contributed by atoms with van der Waals surface area (Å²) < 4.78 is 5.84. The molecule has 0 atom stereocenters. The van der Waals surface area contributed by atoms with Crippen LogP contribution in [0.15, 0.2) is 39.4 Å². The fraction of sp³-hybridized carbons (Fsp3) is 0.133. The van der Waals surface area contributed by atoms with E-state index < -0.39 is 11.9 Å². The van der Waals surface area contributed by atoms with Gasteiger partial charge in [0.2, 0.25) is 5.91 Å². The Morgan fingerprint density at radius 3 is 2.17 bits per heavy atom. The molecule has 0 unspecified atom stereocenters. The molecule has 0 saturated carbocycles. The highest BCUT2D eigenvalue weighted by Gasteiger charge is 2.12. The molecule has 9 heteroatoms. The van der Waals surface area contributed by atoms with Crippen LogP contribution in [-0.4, -0.2) is 29.9 Å². The van der Waals surface area contributed by atoms with Crippen molar-refractivity contribution in [1.82, 2.24) is 4.98 Å². The van der Waals surface area contributed by atoms with Gasteiger partial charge in [-0.15, -0.1) is 0 Å². The number of aromatic nitrogens is 1. The molecule has 2 aromatic rings. The van der Waals surface area contributed by atoms with Gasteiger partial charge < -0.3 is 20.4 Å². The van der Waals surface area contributed by atoms with Gasteiger partial charge in [0, 0.05) is 11.4 Å². The molecule has 0 spiro atoms. The summed E-state index contributed by atoms with van der Waals surface area (Å²) in [6.07, 6.45) is -0.356. The van der Waals surface area contributed by atoms with E-state index in [1.807, 2.05) is 0 Å². The number of carbonyl (C=O) groups is 3. The summed E-state index contributed by atoms with van der Waals surface area (Å²) in [5.41, 5.74) is 1.46. The lowest BCUT2D eigenvalue weighted by Crippen LogP contribution is -2.17. The average molecular weight is 459 g/mol. The summed E-state index contributed by atoms with van der Waals surface area (Å²) in [5.74, 6) is -1.39. The second kappa shape index (κ2) is 8.11. The van der Waals surface area contributed by atoms with Crippen molar-refractivity contribution in [3.63, 3.8) is 0 Å². The Kier molecular flexibility index (Phi) is 6.16. The van der Waals surface area contributed by atoms with E-state index in [1.165, 1.54) is 7.11 Å². The fourth-order valence-corrected chi connectivity index (χ4v) is 2.43. The maximum absolute atomic E-state index is 12.1. The second-order valence-corrected chi connectivity index (χ2v) is 6.32. The van der Waals surface area contributed by atoms with E-state index in [0.29, 0.717) is 21.7 Å². The van der Waals surface area contributed by atoms with Crippen LogP contribution in [0.2, 0.25) is 0 Å². The summed E-state index contributed by atoms with van der Waals surface area (Å²) in [7, 11) is 1.22. The molecule has 1 aromatic heterocycles. The molecular weight excluding hydrogens is 446 g/mol. The maximum atomic E-state index is 12.1. The molecule has 2 amide bonds. The van der Waals surface area contributed by atoms with Gasteiger partial charge in [-0.1, -0.05) is 0 Å². The third-order valence-corrected chi connectivity index (χ3v) is 4.71. The van der Waals surface area contributed by atoms with Crippen LogP contribution in [0, 0.1) is 0 Å². The monoisotopic (exact) mass is 457 g/mol. The molecule has 7 nitrogen and oxygen atoms in total. The summed E-state index contributed by atoms with van der Waals surface area (Å²) in [5, 5.41) is 5.28. The van der Waals surface area contributed by atoms with Crippen LogP contribution in [-0.2, 0) is 14.3 Å². The van der Waals surface area contributed by atoms with Gasteiger partial charge in [-0.3, -0.25) is 14.4 Å². The molecule has 126 valence electrons. The minimum atomic E-state index is -0.611. The minimum absolute atomic E-state index is 0.302. The van der Waals surface area contributed by atoms with Gasteiger partial charge in [-0.25, -0.2) is 0 Å². The minimum Gasteiger partial charge on any atom is -0.469 e. The lowest BCUT2D eigenvalue weighted by molar-refractivity contribution is -0.142. The van der Waals surface area contributed by atoms with Crippen LogP contribution in [0.25, 0.3) is 0 Å². The Labute approximate surface area is 154 Å². The number of ether oxygens (including phenoxy) is 1. The van der Waals surface area contributed by atoms with Crippen molar-refractivity contribution in [1.29, 1.82) is 0 Å². The highest BCUT2D eigenvalue weighted by molar-refractivity contribution is 9.13. The fourth-order valence-electron chi connectivity index (χ4n) is 1.77. The third kappa shape index (κ3) is 4.93. The van der Waals surface area contributed by atoms with E-state index in [1.54, 1.807) is 30.3 Å². The summed E-state index contributed by atoms with van der Waals surface area (Å²) >= 11 is 6.56. The first-order valence-electron chi connectivity index (χ1n) is 6.71. The standard InChI is InChI=1S/C15H13Br2N3O4/c1-24-13(22)7-12(21)18-8-2-4-9(5-3-8)19-15(23)11-6-10(16)14(17)20-11/h2-6,20H,7H2,1H3,(H,18,21)(H,19,23). The number of nitrogens with one attached hydrogen (secondary N) is 3. The average Bonchev–Trinajstić information content (AvgIpc) is 2.88.